The first-order valence-electron chi connectivity index (χ1n) is 39.7. The maximum absolute atomic E-state index is 15.3. The molecule has 9 aromatic rings. The Balaban J connectivity index is 0.794. The van der Waals surface area contributed by atoms with Crippen molar-refractivity contribution in [2.75, 3.05) is 6.61 Å². The Morgan fingerprint density at radius 2 is 0.795 bits per heavy atom. The molecule has 1 saturated heterocycles. The van der Waals surface area contributed by atoms with E-state index in [2.05, 4.69) is 0 Å². The van der Waals surface area contributed by atoms with Crippen LogP contribution in [-0.4, -0.2) is 91.9 Å². The Morgan fingerprint density at radius 1 is 0.384 bits per heavy atom. The molecule has 0 amide bonds. The SMILES string of the molecule is CC(=O)O[C@@H]1[C@H](O[C@H](OCc2ccccc2)[C@@H](OCc2ccccc2)[C@H](OCc2ccccc2)[C@H](OC(C)=O)C(=O)O[C@H](C)CCCCCCCCCCCCCCCc2cccc(OCc3ccccc3)c2C(=O)OCc2ccccc2)O[C@H](COCc2ccccc2)[C@@H](OCc2ccccc2)[C@@H]1OCc1ccccc1. The van der Waals surface area contributed by atoms with Gasteiger partial charge in [0.25, 0.3) is 0 Å². The van der Waals surface area contributed by atoms with Gasteiger partial charge in [-0.15, -0.1) is 0 Å². The quantitative estimate of drug-likeness (QED) is 0.0151. The molecule has 0 aromatic heterocycles. The van der Waals surface area contributed by atoms with Gasteiger partial charge in [0, 0.05) is 13.8 Å². The summed E-state index contributed by atoms with van der Waals surface area (Å²) in [4.78, 5) is 56.3. The van der Waals surface area contributed by atoms with Crippen molar-refractivity contribution in [3.8, 4) is 5.75 Å². The molecule has 0 unspecified atom stereocenters. The van der Waals surface area contributed by atoms with E-state index in [-0.39, 0.29) is 58.8 Å². The number of benzene rings is 9. The van der Waals surface area contributed by atoms with E-state index in [9.17, 15) is 14.4 Å². The van der Waals surface area contributed by atoms with Gasteiger partial charge in [0.2, 0.25) is 12.4 Å². The molecule has 0 bridgehead atoms. The normalized spacial score (nSPS) is 16.8. The lowest BCUT2D eigenvalue weighted by molar-refractivity contribution is -0.367. The molecule has 0 saturated carbocycles. The van der Waals surface area contributed by atoms with Crippen molar-refractivity contribution in [3.63, 3.8) is 0 Å². The van der Waals surface area contributed by atoms with E-state index in [1.165, 1.54) is 46.0 Å². The highest BCUT2D eigenvalue weighted by atomic mass is 16.8. The van der Waals surface area contributed by atoms with Crippen LogP contribution in [0.15, 0.2) is 261 Å². The van der Waals surface area contributed by atoms with Crippen LogP contribution in [0.1, 0.15) is 171 Å². The summed E-state index contributed by atoms with van der Waals surface area (Å²) in [6, 6.07) is 82.9. The van der Waals surface area contributed by atoms with Crippen molar-refractivity contribution >= 4 is 23.9 Å². The first-order valence-corrected chi connectivity index (χ1v) is 39.7. The highest BCUT2D eigenvalue weighted by molar-refractivity contribution is 5.94. The van der Waals surface area contributed by atoms with Gasteiger partial charge in [-0.25, -0.2) is 9.59 Å². The van der Waals surface area contributed by atoms with Crippen LogP contribution in [0.3, 0.4) is 0 Å². The molecular formula is C95H110O17. The third kappa shape index (κ3) is 29.5. The van der Waals surface area contributed by atoms with Gasteiger partial charge < -0.3 is 61.6 Å². The Morgan fingerprint density at radius 3 is 1.27 bits per heavy atom. The zero-order valence-corrected chi connectivity index (χ0v) is 65.0. The Hall–Kier alpha value is -9.66. The first kappa shape index (κ1) is 84.8. The van der Waals surface area contributed by atoms with E-state index in [0.29, 0.717) is 24.3 Å². The Labute approximate surface area is 661 Å². The fourth-order valence-electron chi connectivity index (χ4n) is 13.7. The number of hydrogen-bond acceptors (Lipinski definition) is 17. The molecule has 10 atom stereocenters. The summed E-state index contributed by atoms with van der Waals surface area (Å²) in [5, 5.41) is 0. The van der Waals surface area contributed by atoms with Crippen molar-refractivity contribution in [2.24, 2.45) is 0 Å². The van der Waals surface area contributed by atoms with Crippen LogP contribution >= 0.6 is 0 Å². The van der Waals surface area contributed by atoms with Crippen molar-refractivity contribution in [2.45, 2.75) is 231 Å². The summed E-state index contributed by atoms with van der Waals surface area (Å²) in [5.41, 5.74) is 8.31. The number of hydrogen-bond donors (Lipinski definition) is 0. The fraction of sp³-hybridized carbons (Fsp3) is 0.389. The minimum atomic E-state index is -1.75. The second-order valence-electron chi connectivity index (χ2n) is 28.5. The third-order valence-electron chi connectivity index (χ3n) is 19.5. The monoisotopic (exact) mass is 1520 g/mol. The van der Waals surface area contributed by atoms with Gasteiger partial charge in [-0.3, -0.25) is 9.59 Å². The predicted molar refractivity (Wildman–Crippen MR) is 429 cm³/mol. The van der Waals surface area contributed by atoms with Crippen molar-refractivity contribution in [3.05, 3.63) is 316 Å². The molecule has 592 valence electrons. The molecule has 9 aromatic carbocycles. The minimum absolute atomic E-state index is 0.0336. The predicted octanol–water partition coefficient (Wildman–Crippen LogP) is 19.3. The topological polar surface area (TPSA) is 188 Å². The summed E-state index contributed by atoms with van der Waals surface area (Å²) in [6.07, 6.45) is 2.73. The highest BCUT2D eigenvalue weighted by Gasteiger charge is 2.53. The molecular weight excluding hydrogens is 1410 g/mol. The van der Waals surface area contributed by atoms with Gasteiger partial charge in [-0.2, -0.15) is 0 Å². The van der Waals surface area contributed by atoms with E-state index < -0.39 is 79.3 Å². The van der Waals surface area contributed by atoms with Gasteiger partial charge in [0.15, 0.2) is 12.4 Å². The summed E-state index contributed by atoms with van der Waals surface area (Å²) in [7, 11) is 0. The molecule has 112 heavy (non-hydrogen) atoms. The number of esters is 4. The Kier molecular flexibility index (Phi) is 36.6. The average Bonchev–Trinajstić information content (AvgIpc) is 0.777. The highest BCUT2D eigenvalue weighted by Crippen LogP contribution is 2.35. The number of unbranched alkanes of at least 4 members (excludes halogenated alkanes) is 12. The zero-order chi connectivity index (χ0) is 78.0. The van der Waals surface area contributed by atoms with Crippen LogP contribution in [0, 0.1) is 0 Å². The van der Waals surface area contributed by atoms with E-state index in [4.69, 9.17) is 61.6 Å². The lowest BCUT2D eigenvalue weighted by Crippen LogP contribution is -2.63. The second-order valence-corrected chi connectivity index (χ2v) is 28.5. The number of aryl methyl sites for hydroxylation is 1. The minimum Gasteiger partial charge on any atom is -0.488 e. The molecule has 0 radical (unpaired) electrons. The van der Waals surface area contributed by atoms with Crippen LogP contribution in [0.25, 0.3) is 0 Å². The first-order chi connectivity index (χ1) is 55.0. The lowest BCUT2D eigenvalue weighted by atomic mass is 9.97. The molecule has 1 fully saturated rings. The Bertz CT molecular complexity index is 4090. The summed E-state index contributed by atoms with van der Waals surface area (Å²) in [5.74, 6) is -2.12. The lowest BCUT2D eigenvalue weighted by Gasteiger charge is -2.46. The van der Waals surface area contributed by atoms with Crippen molar-refractivity contribution in [1.82, 2.24) is 0 Å². The molecule has 1 aliphatic rings. The summed E-state index contributed by atoms with van der Waals surface area (Å²) < 4.78 is 86.6. The van der Waals surface area contributed by atoms with Gasteiger partial charge >= 0.3 is 23.9 Å². The van der Waals surface area contributed by atoms with Gasteiger partial charge in [0.05, 0.1) is 52.4 Å². The standard InChI is InChI=1S/C95H110O17/c1-71(42-23-13-11-9-7-5-4-6-8-10-12-14-40-59-82-60-41-61-83(101-63-75-45-26-16-27-46-75)85(82)92(98)106-68-80-55-36-21-37-56-80)108-93(99)89(109-72(2)96)88(104-66-78-51-32-19-33-52-78)90(105-67-79-53-34-20-35-54-79)94(107-69-81-57-38-22-39-58-81)112-95-91(110-73(3)97)87(103-65-77-49-30-18-31-50-77)86(102-64-76-47-28-17-29-48-76)84(111-95)70-100-62-74-43-24-15-25-44-74/h15-22,24-39,41,43-58,60-61,71,84,86-91,94-95H,4-14,23,40,42,59,62-70H2,1-3H3/t71-,84-,86-,87+,88-,89+,90+,91+,94+,95+/m1/s1. The van der Waals surface area contributed by atoms with Crippen LogP contribution in [0.2, 0.25) is 0 Å². The largest absolute Gasteiger partial charge is 0.488 e. The molecule has 0 aliphatic carbocycles. The molecule has 0 N–H and O–H groups in total. The smallest absolute Gasteiger partial charge is 0.350 e. The van der Waals surface area contributed by atoms with Crippen LogP contribution in [0.4, 0.5) is 0 Å². The summed E-state index contributed by atoms with van der Waals surface area (Å²) >= 11 is 0. The maximum atomic E-state index is 15.3. The summed E-state index contributed by atoms with van der Waals surface area (Å²) in [6.45, 7) is 5.10. The molecule has 1 heterocycles. The van der Waals surface area contributed by atoms with Crippen molar-refractivity contribution in [1.29, 1.82) is 0 Å². The van der Waals surface area contributed by atoms with E-state index in [1.807, 2.05) is 268 Å². The number of ether oxygens (including phenoxy) is 13. The van der Waals surface area contributed by atoms with E-state index in [1.54, 1.807) is 0 Å². The third-order valence-corrected chi connectivity index (χ3v) is 19.5. The molecule has 0 spiro atoms. The zero-order valence-electron chi connectivity index (χ0n) is 65.0. The van der Waals surface area contributed by atoms with Gasteiger partial charge in [-0.1, -0.05) is 325 Å². The molecule has 17 heteroatoms. The van der Waals surface area contributed by atoms with Crippen molar-refractivity contribution < 1.29 is 80.8 Å². The maximum Gasteiger partial charge on any atom is 0.350 e. The van der Waals surface area contributed by atoms with Crippen LogP contribution in [0.5, 0.6) is 5.75 Å². The molecule has 10 rings (SSSR count). The van der Waals surface area contributed by atoms with Gasteiger partial charge in [-0.05, 0) is 88.7 Å². The second kappa shape index (κ2) is 48.3. The number of carbonyl (C=O) groups is 4. The van der Waals surface area contributed by atoms with E-state index in [0.717, 1.165) is 108 Å². The molecule has 1 aliphatic heterocycles. The van der Waals surface area contributed by atoms with Gasteiger partial charge in [0.1, 0.15) is 55.0 Å². The van der Waals surface area contributed by atoms with Crippen LogP contribution < -0.4 is 4.74 Å². The average molecular weight is 1520 g/mol. The molecule has 17 nitrogen and oxygen atoms in total. The van der Waals surface area contributed by atoms with E-state index >= 15 is 4.79 Å². The van der Waals surface area contributed by atoms with Crippen LogP contribution in [-0.2, 0) is 131 Å². The number of carbonyl (C=O) groups excluding carboxylic acids is 4. The fourth-order valence-corrected chi connectivity index (χ4v) is 13.7. The number of rotatable bonds is 50.